The molecule has 0 saturated heterocycles. The van der Waals surface area contributed by atoms with Gasteiger partial charge in [-0.15, -0.1) is 0 Å². The highest BCUT2D eigenvalue weighted by Crippen LogP contribution is 2.35. The van der Waals surface area contributed by atoms with E-state index >= 15 is 0 Å². The Labute approximate surface area is 238 Å². The van der Waals surface area contributed by atoms with Gasteiger partial charge in [-0.1, -0.05) is 63.8 Å². The Morgan fingerprint density at radius 3 is 2.20 bits per heavy atom. The summed E-state index contributed by atoms with van der Waals surface area (Å²) < 4.78 is 67.2. The van der Waals surface area contributed by atoms with E-state index in [1.165, 1.54) is 57.4 Å². The van der Waals surface area contributed by atoms with Crippen molar-refractivity contribution < 1.29 is 31.9 Å². The number of aromatic nitrogens is 3. The number of hydrogen-bond donors (Lipinski definition) is 3. The molecule has 0 saturated carbocycles. The van der Waals surface area contributed by atoms with Crippen LogP contribution in [0.15, 0.2) is 78.9 Å². The van der Waals surface area contributed by atoms with Gasteiger partial charge in [-0.3, -0.25) is 0 Å². The number of anilines is 3. The fourth-order valence-electron chi connectivity index (χ4n) is 3.56. The van der Waals surface area contributed by atoms with Crippen molar-refractivity contribution in [3.63, 3.8) is 0 Å². The van der Waals surface area contributed by atoms with E-state index in [0.29, 0.717) is 11.4 Å². The first kappa shape index (κ1) is 30.1. The van der Waals surface area contributed by atoms with E-state index in [1.54, 1.807) is 0 Å². The molecule has 3 N–H and O–H groups in total. The summed E-state index contributed by atoms with van der Waals surface area (Å²) in [6.07, 6.45) is -4.61. The molecule has 4 aromatic rings. The zero-order chi connectivity index (χ0) is 29.6. The van der Waals surface area contributed by atoms with Crippen LogP contribution in [-0.2, 0) is 22.4 Å². The molecule has 214 valence electrons. The van der Waals surface area contributed by atoms with Gasteiger partial charge in [0.2, 0.25) is 11.9 Å². The monoisotopic (exact) mass is 607 g/mol. The minimum atomic E-state index is -4.61. The van der Waals surface area contributed by atoms with Crippen LogP contribution in [0.25, 0.3) is 11.4 Å². The van der Waals surface area contributed by atoms with Crippen molar-refractivity contribution in [2.75, 3.05) is 16.4 Å². The van der Waals surface area contributed by atoms with E-state index in [-0.39, 0.29) is 34.6 Å². The maximum atomic E-state index is 13.6. The first-order valence-electron chi connectivity index (χ1n) is 12.0. The quantitative estimate of drug-likeness (QED) is 0.124. The number of nitrogens with zero attached hydrogens (tertiary/aromatic N) is 3. The highest BCUT2D eigenvalue weighted by Gasteiger charge is 2.31. The van der Waals surface area contributed by atoms with Crippen molar-refractivity contribution in [2.24, 2.45) is 0 Å². The first-order valence-corrected chi connectivity index (χ1v) is 13.7. The molecular weight excluding hydrogens is 584 g/mol. The van der Waals surface area contributed by atoms with Crippen LogP contribution in [0.2, 0.25) is 0 Å². The maximum Gasteiger partial charge on any atom is 0.416 e. The van der Waals surface area contributed by atoms with Gasteiger partial charge in [0, 0.05) is 28.3 Å². The van der Waals surface area contributed by atoms with Crippen LogP contribution in [0.3, 0.4) is 0 Å². The van der Waals surface area contributed by atoms with Gasteiger partial charge >= 0.3 is 12.1 Å². The summed E-state index contributed by atoms with van der Waals surface area (Å²) in [5.74, 6) is -1.00. The zero-order valence-corrected chi connectivity index (χ0v) is 23.0. The molecule has 0 aliphatic rings. The van der Waals surface area contributed by atoms with E-state index in [1.807, 2.05) is 30.3 Å². The molecule has 1 unspecified atom stereocenters. The Bertz CT molecular complexity index is 1490. The summed E-state index contributed by atoms with van der Waals surface area (Å²) >= 11 is 1.36. The molecule has 4 rings (SSSR count). The molecule has 0 aliphatic heterocycles. The van der Waals surface area contributed by atoms with Gasteiger partial charge in [0.25, 0.3) is 5.66 Å². The highest BCUT2D eigenvalue weighted by atomic mass is 32.2. The minimum Gasteiger partial charge on any atom is -0.480 e. The average molecular weight is 608 g/mol. The fourth-order valence-corrected chi connectivity index (χ4v) is 4.76. The van der Waals surface area contributed by atoms with Gasteiger partial charge in [-0.2, -0.15) is 48.7 Å². The third-order valence-corrected chi connectivity index (χ3v) is 7.05. The lowest BCUT2D eigenvalue weighted by Gasteiger charge is -2.16. The summed E-state index contributed by atoms with van der Waals surface area (Å²) in [4.78, 5) is 24.6. The van der Waals surface area contributed by atoms with E-state index in [2.05, 4.69) is 25.6 Å². The molecule has 0 amide bonds. The number of carboxylic acid groups (broad SMARTS) is 1. The second-order valence-corrected chi connectivity index (χ2v) is 10.5. The molecule has 1 aromatic heterocycles. The van der Waals surface area contributed by atoms with E-state index in [0.717, 1.165) is 17.7 Å². The van der Waals surface area contributed by atoms with Crippen LogP contribution in [0.4, 0.5) is 39.5 Å². The number of alkyl halides is 5. The SMILES string of the molecule is O=C(O)[C@H](CSCc1ccccc1)Nc1nc(Nc2ccc(C(F)(F)P)cc2)nc(-c2cccc(C(F)(F)F)c2)n1. The lowest BCUT2D eigenvalue weighted by molar-refractivity contribution is -0.138. The Morgan fingerprint density at radius 2 is 1.56 bits per heavy atom. The largest absolute Gasteiger partial charge is 0.480 e. The number of halogens is 5. The molecule has 0 spiro atoms. The van der Waals surface area contributed by atoms with Crippen LogP contribution >= 0.6 is 21.0 Å². The van der Waals surface area contributed by atoms with Crippen molar-refractivity contribution in [3.8, 4) is 11.4 Å². The third kappa shape index (κ3) is 8.58. The van der Waals surface area contributed by atoms with Crippen LogP contribution in [0.5, 0.6) is 0 Å². The van der Waals surface area contributed by atoms with Gasteiger partial charge in [0.1, 0.15) is 6.04 Å². The smallest absolute Gasteiger partial charge is 0.416 e. The number of thioether (sulfide) groups is 1. The number of hydrogen-bond acceptors (Lipinski definition) is 7. The van der Waals surface area contributed by atoms with E-state index < -0.39 is 29.4 Å². The van der Waals surface area contributed by atoms with Gasteiger partial charge in [-0.05, 0) is 29.8 Å². The van der Waals surface area contributed by atoms with Crippen LogP contribution in [-0.4, -0.2) is 37.8 Å². The summed E-state index contributed by atoms with van der Waals surface area (Å²) in [7, 11) is 1.44. The normalized spacial score (nSPS) is 12.5. The van der Waals surface area contributed by atoms with Crippen LogP contribution in [0, 0.1) is 0 Å². The standard InChI is InChI=1S/C27H23F5N5O2PS/c28-26(29,30)19-8-4-7-17(13-19)22-35-24(33-20-11-9-18(10-12-20)27(31,32)40)37-25(36-22)34-21(23(38)39)15-41-14-16-5-2-1-3-6-16/h1-13,21H,14-15,40H2,(H,38,39)(H2,33,34,35,36,37)/t21-/m0/s1. The maximum absolute atomic E-state index is 13.6. The lowest BCUT2D eigenvalue weighted by Crippen LogP contribution is -2.32. The number of carbonyl (C=O) groups is 1. The second kappa shape index (κ2) is 12.8. The third-order valence-electron chi connectivity index (χ3n) is 5.61. The van der Waals surface area contributed by atoms with E-state index in [9.17, 15) is 31.9 Å². The Kier molecular flexibility index (Phi) is 9.39. The van der Waals surface area contributed by atoms with Crippen molar-refractivity contribution in [3.05, 3.63) is 95.6 Å². The zero-order valence-electron chi connectivity index (χ0n) is 21.1. The van der Waals surface area contributed by atoms with Gasteiger partial charge in [-0.25, -0.2) is 4.79 Å². The number of carboxylic acids is 1. The Balaban J connectivity index is 1.63. The lowest BCUT2D eigenvalue weighted by atomic mass is 10.1. The molecule has 2 atom stereocenters. The first-order chi connectivity index (χ1) is 19.4. The molecule has 3 aromatic carbocycles. The number of benzene rings is 3. The fraction of sp³-hybridized carbons (Fsp3) is 0.185. The summed E-state index contributed by atoms with van der Waals surface area (Å²) in [6.45, 7) is 0. The predicted molar refractivity (Wildman–Crippen MR) is 151 cm³/mol. The number of aliphatic carboxylic acids is 1. The number of rotatable bonds is 11. The molecule has 0 fully saturated rings. The van der Waals surface area contributed by atoms with Gasteiger partial charge in [0.15, 0.2) is 5.82 Å². The Hall–Kier alpha value is -3.83. The van der Waals surface area contributed by atoms with Crippen molar-refractivity contribution in [2.45, 2.75) is 23.6 Å². The molecule has 0 bridgehead atoms. The minimum absolute atomic E-state index is 0.0108. The van der Waals surface area contributed by atoms with Crippen molar-refractivity contribution in [1.29, 1.82) is 0 Å². The topological polar surface area (TPSA) is 100 Å². The molecule has 1 heterocycles. The van der Waals surface area contributed by atoms with Crippen molar-refractivity contribution in [1.82, 2.24) is 15.0 Å². The van der Waals surface area contributed by atoms with Crippen LogP contribution in [0.1, 0.15) is 16.7 Å². The molecule has 14 heteroatoms. The average Bonchev–Trinajstić information content (AvgIpc) is 2.92. The summed E-state index contributed by atoms with van der Waals surface area (Å²) in [6, 6.07) is 17.7. The van der Waals surface area contributed by atoms with Crippen molar-refractivity contribution >= 4 is 44.6 Å². The van der Waals surface area contributed by atoms with Crippen LogP contribution < -0.4 is 10.6 Å². The van der Waals surface area contributed by atoms with Gasteiger partial charge in [0.05, 0.1) is 5.56 Å². The molecule has 7 nitrogen and oxygen atoms in total. The molecule has 0 aliphatic carbocycles. The summed E-state index contributed by atoms with van der Waals surface area (Å²) in [5.41, 5.74) is -2.99. The predicted octanol–water partition coefficient (Wildman–Crippen LogP) is 7.02. The second-order valence-electron chi connectivity index (χ2n) is 8.75. The Morgan fingerprint density at radius 1 is 0.878 bits per heavy atom. The summed E-state index contributed by atoms with van der Waals surface area (Å²) in [5, 5.41) is 15.3. The van der Waals surface area contributed by atoms with E-state index in [4.69, 9.17) is 0 Å². The van der Waals surface area contributed by atoms with Gasteiger partial charge < -0.3 is 15.7 Å². The number of nitrogens with one attached hydrogen (secondary N) is 2. The molecule has 41 heavy (non-hydrogen) atoms. The highest BCUT2D eigenvalue weighted by molar-refractivity contribution is 7.98. The molecular formula is C27H23F5N5O2PS. The molecule has 0 radical (unpaired) electrons.